The molecule has 1 saturated heterocycles. The minimum atomic E-state index is -1.79. The Morgan fingerprint density at radius 1 is 0.710 bits per heavy atom. The molecule has 2 rings (SSSR count). The number of thiol groups is 2. The number of guanidine groups is 1. The van der Waals surface area contributed by atoms with Crippen molar-refractivity contribution in [2.75, 3.05) is 42.6 Å². The van der Waals surface area contributed by atoms with E-state index in [0.717, 1.165) is 11.8 Å². The number of rotatable bonds is 17. The van der Waals surface area contributed by atoms with Crippen LogP contribution in [0.4, 0.5) is 0 Å². The number of hydrogen-bond acceptors (Lipinski definition) is 15. The van der Waals surface area contributed by atoms with Crippen molar-refractivity contribution in [3.8, 4) is 0 Å². The van der Waals surface area contributed by atoms with Crippen LogP contribution in [0.5, 0.6) is 0 Å². The van der Waals surface area contributed by atoms with Crippen LogP contribution >= 0.6 is 37.0 Å². The second-order valence-electron chi connectivity index (χ2n) is 15.7. The van der Waals surface area contributed by atoms with Crippen molar-refractivity contribution in [3.63, 3.8) is 0 Å². The largest absolute Gasteiger partial charge is 0.481 e. The van der Waals surface area contributed by atoms with Gasteiger partial charge < -0.3 is 64.4 Å². The highest BCUT2D eigenvalue weighted by Gasteiger charge is 2.33. The first-order valence-corrected chi connectivity index (χ1v) is 24.5. The number of carboxylic acids is 1. The van der Waals surface area contributed by atoms with Crippen LogP contribution in [0, 0.1) is 0 Å². The molecule has 382 valence electrons. The summed E-state index contributed by atoms with van der Waals surface area (Å²) in [5, 5.41) is 32.1. The van der Waals surface area contributed by atoms with Crippen LogP contribution in [-0.2, 0) is 59.2 Å². The van der Waals surface area contributed by atoms with E-state index in [-0.39, 0.29) is 73.5 Å². The zero-order chi connectivity index (χ0) is 51.5. The molecule has 7 atom stereocenters. The molecule has 0 spiro atoms. The van der Waals surface area contributed by atoms with E-state index in [1.165, 1.54) is 6.92 Å². The second kappa shape index (κ2) is 31.9. The number of aliphatic carboxylic acids is 1. The summed E-state index contributed by atoms with van der Waals surface area (Å²) in [5.74, 6) is -10.6. The topological polar surface area (TPSA) is 381 Å². The van der Waals surface area contributed by atoms with Gasteiger partial charge in [-0.1, -0.05) is 37.3 Å². The molecule has 14 N–H and O–H groups in total. The van der Waals surface area contributed by atoms with E-state index >= 15 is 0 Å². The molecule has 1 aromatic rings. The number of ketones is 1. The third-order valence-corrected chi connectivity index (χ3v) is 11.9. The molecule has 0 unspecified atom stereocenters. The van der Waals surface area contributed by atoms with Crippen LogP contribution in [0.3, 0.4) is 0 Å². The number of nitrogens with zero attached hydrogens (tertiary/aromatic N) is 1. The van der Waals surface area contributed by atoms with E-state index in [1.807, 2.05) is 0 Å². The monoisotopic (exact) mass is 1020 g/mol. The van der Waals surface area contributed by atoms with Gasteiger partial charge in [0.1, 0.15) is 36.3 Å². The van der Waals surface area contributed by atoms with Gasteiger partial charge in [0.25, 0.3) is 0 Å². The number of aliphatic imine (C=N–C) groups is 1. The van der Waals surface area contributed by atoms with Gasteiger partial charge in [-0.05, 0) is 44.6 Å². The lowest BCUT2D eigenvalue weighted by atomic mass is 10.0. The van der Waals surface area contributed by atoms with Crippen LogP contribution in [0.1, 0.15) is 64.4 Å². The lowest BCUT2D eigenvalue weighted by molar-refractivity contribution is -0.141. The Bertz CT molecular complexity index is 2000. The molecule has 1 aliphatic rings. The lowest BCUT2D eigenvalue weighted by Crippen LogP contribution is -2.59. The van der Waals surface area contributed by atoms with Crippen LogP contribution in [0.2, 0.25) is 0 Å². The third kappa shape index (κ3) is 23.2. The van der Waals surface area contributed by atoms with Crippen molar-refractivity contribution in [3.05, 3.63) is 35.9 Å². The summed E-state index contributed by atoms with van der Waals surface area (Å²) in [4.78, 5) is 149. The first-order valence-electron chi connectivity index (χ1n) is 22.0. The highest BCUT2D eigenvalue weighted by molar-refractivity contribution is 8.00. The smallest absolute Gasteiger partial charge is 0.305 e. The standard InChI is InChI=1S/C42H64N12O12S3/c1-3-32(56)45-14-8-7-12-26-37(62)52-29(19-67)40(65)50-25(13-9-15-46-42(43)44)36(61)47-18-33(57)49-28(17-35(59)60)39(64)53-30(20-68)41(66)51-27(16-24-10-5-4-6-11-24)38(63)54-31(23(2)55)21-69-22-34(58)48-26/h4-6,10-11,25-31,67-68H,3,7-9,12-22H2,1-2H3,(H,45,56)(H,47,61)(H,48,58)(H,49,57)(H,50,65)(H,51,66)(H,52,62)(H,53,64)(H,54,63)(H,59,60)(H4,43,44,46)/t25-,26-,27-,28-,29-,30-,31-/m0/s1. The number of thioether (sulfide) groups is 1. The van der Waals surface area contributed by atoms with Gasteiger partial charge in [-0.2, -0.15) is 25.3 Å². The summed E-state index contributed by atoms with van der Waals surface area (Å²) < 4.78 is 0. The summed E-state index contributed by atoms with van der Waals surface area (Å²) in [5.41, 5.74) is 11.4. The first-order chi connectivity index (χ1) is 32.8. The van der Waals surface area contributed by atoms with Crippen molar-refractivity contribution < 1.29 is 57.8 Å². The lowest BCUT2D eigenvalue weighted by Gasteiger charge is -2.25. The molecule has 0 saturated carbocycles. The number of benzene rings is 1. The molecule has 27 heteroatoms. The van der Waals surface area contributed by atoms with Crippen LogP contribution in [-0.4, -0.2) is 161 Å². The summed E-state index contributed by atoms with van der Waals surface area (Å²) in [6, 6.07) is -1.24. The highest BCUT2D eigenvalue weighted by atomic mass is 32.2. The quantitative estimate of drug-likeness (QED) is 0.0308. The van der Waals surface area contributed by atoms with Gasteiger partial charge >= 0.3 is 5.97 Å². The van der Waals surface area contributed by atoms with Crippen molar-refractivity contribution in [1.29, 1.82) is 0 Å². The fraction of sp³-hybridized carbons (Fsp3) is 0.571. The van der Waals surface area contributed by atoms with Gasteiger partial charge in [0.15, 0.2) is 11.7 Å². The number of carbonyl (C=O) groups is 11. The number of nitrogens with two attached hydrogens (primary N) is 2. The zero-order valence-corrected chi connectivity index (χ0v) is 41.0. The van der Waals surface area contributed by atoms with E-state index in [2.05, 4.69) is 78.1 Å². The fourth-order valence-corrected chi connectivity index (χ4v) is 7.82. The minimum Gasteiger partial charge on any atom is -0.481 e. The Morgan fingerprint density at radius 2 is 1.25 bits per heavy atom. The predicted molar refractivity (Wildman–Crippen MR) is 262 cm³/mol. The molecule has 1 heterocycles. The van der Waals surface area contributed by atoms with E-state index in [4.69, 9.17) is 11.5 Å². The molecule has 1 fully saturated rings. The molecule has 69 heavy (non-hydrogen) atoms. The molecule has 0 radical (unpaired) electrons. The Morgan fingerprint density at radius 3 is 1.83 bits per heavy atom. The second-order valence-corrected chi connectivity index (χ2v) is 17.5. The van der Waals surface area contributed by atoms with Gasteiger partial charge in [-0.25, -0.2) is 0 Å². The summed E-state index contributed by atoms with van der Waals surface area (Å²) >= 11 is 9.36. The molecule has 0 aliphatic carbocycles. The van der Waals surface area contributed by atoms with Crippen molar-refractivity contribution >= 4 is 108 Å². The number of nitrogens with one attached hydrogen (secondary N) is 9. The SMILES string of the molecule is CCC(=O)NCCCC[C@@H]1NC(=O)CSC[C@@H](C(C)=O)NC(=O)[C@H](Cc2ccccc2)NC(=O)[C@H](CS)NC(=O)[C@H](CC(=O)O)NC(=O)CNC(=O)[C@H](CCCN=C(N)N)NC(=O)[C@H](CS)NC1=O. The average Bonchev–Trinajstić information content (AvgIpc) is 3.30. The predicted octanol–water partition coefficient (Wildman–Crippen LogP) is -3.84. The maximum Gasteiger partial charge on any atom is 0.305 e. The van der Waals surface area contributed by atoms with Gasteiger partial charge in [0, 0.05) is 43.2 Å². The molecule has 1 aromatic carbocycles. The Balaban J connectivity index is 2.56. The number of Topliss-reactive ketones (excluding diaryl/α,β-unsaturated/α-hetero) is 1. The van der Waals surface area contributed by atoms with Crippen LogP contribution in [0.25, 0.3) is 0 Å². The number of unbranched alkanes of at least 4 members (excludes halogenated alkanes) is 1. The Kier molecular flexibility index (Phi) is 27.3. The van der Waals surface area contributed by atoms with E-state index in [0.29, 0.717) is 24.9 Å². The Hall–Kier alpha value is -6.09. The maximum atomic E-state index is 13.9. The molecule has 1 aliphatic heterocycles. The number of carbonyl (C=O) groups excluding carboxylic acids is 10. The van der Waals surface area contributed by atoms with E-state index < -0.39 is 114 Å². The molecular formula is C42H64N12O12S3. The molecule has 0 bridgehead atoms. The highest BCUT2D eigenvalue weighted by Crippen LogP contribution is 2.10. The molecule has 9 amide bonds. The molecular weight excluding hydrogens is 961 g/mol. The maximum absolute atomic E-state index is 13.9. The zero-order valence-electron chi connectivity index (χ0n) is 38.4. The Labute approximate surface area is 414 Å². The van der Waals surface area contributed by atoms with Crippen molar-refractivity contribution in [2.45, 2.75) is 108 Å². The first kappa shape index (κ1) is 59.0. The van der Waals surface area contributed by atoms with Crippen molar-refractivity contribution in [1.82, 2.24) is 47.9 Å². The summed E-state index contributed by atoms with van der Waals surface area (Å²) in [6.07, 6.45) is 0.0924. The van der Waals surface area contributed by atoms with Crippen LogP contribution in [0.15, 0.2) is 35.3 Å². The normalized spacial score (nSPS) is 23.2. The van der Waals surface area contributed by atoms with Crippen LogP contribution < -0.4 is 59.3 Å². The minimum absolute atomic E-state index is 0.0319. The third-order valence-electron chi connectivity index (χ3n) is 10.1. The molecule has 0 aromatic heterocycles. The van der Waals surface area contributed by atoms with Gasteiger partial charge in [-0.15, -0.1) is 11.8 Å². The fourth-order valence-electron chi connectivity index (χ4n) is 6.36. The van der Waals surface area contributed by atoms with E-state index in [1.54, 1.807) is 37.3 Å². The summed E-state index contributed by atoms with van der Waals surface area (Å²) in [7, 11) is 0. The average molecular weight is 1030 g/mol. The van der Waals surface area contributed by atoms with Crippen molar-refractivity contribution in [2.24, 2.45) is 16.5 Å². The molecule has 24 nitrogen and oxygen atoms in total. The summed E-state index contributed by atoms with van der Waals surface area (Å²) in [6.45, 7) is 2.41. The number of amides is 9. The number of carboxylic acid groups (broad SMARTS) is 1. The van der Waals surface area contributed by atoms with Gasteiger partial charge in [0.05, 0.1) is 24.8 Å². The number of hydrogen-bond donors (Lipinski definition) is 14. The van der Waals surface area contributed by atoms with E-state index in [9.17, 15) is 57.8 Å². The van der Waals surface area contributed by atoms with Gasteiger partial charge in [0.2, 0.25) is 53.2 Å². The van der Waals surface area contributed by atoms with Gasteiger partial charge in [-0.3, -0.25) is 57.7 Å².